The SMILES string of the molecule is C[n+]1c(N)n(CCCOc2ccccc2Cl)c2ccccc21. The summed E-state index contributed by atoms with van der Waals surface area (Å²) in [6.07, 6.45) is 0.855. The molecule has 0 fully saturated rings. The van der Waals surface area contributed by atoms with Gasteiger partial charge >= 0.3 is 5.95 Å². The molecule has 0 spiro atoms. The van der Waals surface area contributed by atoms with Gasteiger partial charge in [0.15, 0.2) is 0 Å². The topological polar surface area (TPSA) is 44.1 Å². The molecular formula is C17H19ClN3O+. The molecule has 0 saturated heterocycles. The van der Waals surface area contributed by atoms with Crippen molar-refractivity contribution in [2.24, 2.45) is 7.05 Å². The summed E-state index contributed by atoms with van der Waals surface area (Å²) in [6, 6.07) is 15.7. The second-order valence-corrected chi connectivity index (χ2v) is 5.60. The van der Waals surface area contributed by atoms with Crippen LogP contribution in [0.25, 0.3) is 11.0 Å². The monoisotopic (exact) mass is 316 g/mol. The van der Waals surface area contributed by atoms with Gasteiger partial charge in [-0.25, -0.2) is 9.13 Å². The number of anilines is 1. The highest BCUT2D eigenvalue weighted by atomic mass is 35.5. The van der Waals surface area contributed by atoms with Gasteiger partial charge in [-0.15, -0.1) is 0 Å². The standard InChI is InChI=1S/C17H18ClN3O/c1-20-14-8-3-4-9-15(14)21(17(20)19)11-6-12-22-16-10-5-2-7-13(16)18/h2-5,7-10,19H,6,11-12H2,1H3/p+1. The molecular weight excluding hydrogens is 298 g/mol. The van der Waals surface area contributed by atoms with Crippen LogP contribution in [0.15, 0.2) is 48.5 Å². The number of hydrogen-bond donors (Lipinski definition) is 1. The predicted octanol–water partition coefficient (Wildman–Crippen LogP) is 3.17. The van der Waals surface area contributed by atoms with Crippen LogP contribution in [0.3, 0.4) is 0 Å². The Kier molecular flexibility index (Phi) is 4.20. The molecule has 3 aromatic rings. The summed E-state index contributed by atoms with van der Waals surface area (Å²) in [5.41, 5.74) is 8.47. The van der Waals surface area contributed by atoms with Gasteiger partial charge in [-0.3, -0.25) is 5.73 Å². The fraction of sp³-hybridized carbons (Fsp3) is 0.235. The average Bonchev–Trinajstić information content (AvgIpc) is 2.78. The van der Waals surface area contributed by atoms with Crippen molar-refractivity contribution in [1.82, 2.24) is 4.57 Å². The van der Waals surface area contributed by atoms with Crippen LogP contribution < -0.4 is 15.0 Å². The van der Waals surface area contributed by atoms with E-state index in [1.807, 2.05) is 48.0 Å². The van der Waals surface area contributed by atoms with Gasteiger partial charge in [0.2, 0.25) is 0 Å². The first-order valence-electron chi connectivity index (χ1n) is 7.28. The summed E-state index contributed by atoms with van der Waals surface area (Å²) >= 11 is 6.07. The molecule has 0 aliphatic carbocycles. The number of aryl methyl sites for hydroxylation is 2. The summed E-state index contributed by atoms with van der Waals surface area (Å²) in [7, 11) is 1.98. The molecule has 0 bridgehead atoms. The van der Waals surface area contributed by atoms with Crippen LogP contribution in [-0.2, 0) is 13.6 Å². The molecule has 0 atom stereocenters. The van der Waals surface area contributed by atoms with Gasteiger partial charge in [0.05, 0.1) is 25.2 Å². The Labute approximate surface area is 134 Å². The molecule has 22 heavy (non-hydrogen) atoms. The maximum atomic E-state index is 6.20. The zero-order chi connectivity index (χ0) is 15.5. The van der Waals surface area contributed by atoms with Gasteiger partial charge in [0.25, 0.3) is 0 Å². The van der Waals surface area contributed by atoms with Crippen molar-refractivity contribution in [1.29, 1.82) is 0 Å². The highest BCUT2D eigenvalue weighted by Crippen LogP contribution is 2.23. The van der Waals surface area contributed by atoms with E-state index < -0.39 is 0 Å². The molecule has 114 valence electrons. The van der Waals surface area contributed by atoms with Gasteiger partial charge in [0.1, 0.15) is 16.8 Å². The summed E-state index contributed by atoms with van der Waals surface area (Å²) in [5.74, 6) is 1.47. The van der Waals surface area contributed by atoms with Crippen LogP contribution in [0.4, 0.5) is 5.95 Å². The third-order valence-corrected chi connectivity index (χ3v) is 4.09. The largest absolute Gasteiger partial charge is 0.492 e. The molecule has 0 amide bonds. The van der Waals surface area contributed by atoms with Crippen molar-refractivity contribution in [2.75, 3.05) is 12.3 Å². The molecule has 0 aliphatic rings. The van der Waals surface area contributed by atoms with Crippen LogP contribution in [0.1, 0.15) is 6.42 Å². The van der Waals surface area contributed by atoms with Crippen LogP contribution >= 0.6 is 11.6 Å². The van der Waals surface area contributed by atoms with Crippen LogP contribution in [0, 0.1) is 0 Å². The fourth-order valence-corrected chi connectivity index (χ4v) is 2.80. The molecule has 5 heteroatoms. The number of aromatic nitrogens is 2. The quantitative estimate of drug-likeness (QED) is 0.580. The Morgan fingerprint density at radius 2 is 1.86 bits per heavy atom. The maximum absolute atomic E-state index is 6.20. The number of benzene rings is 2. The van der Waals surface area contributed by atoms with Crippen molar-refractivity contribution in [2.45, 2.75) is 13.0 Å². The zero-order valence-corrected chi connectivity index (χ0v) is 13.3. The van der Waals surface area contributed by atoms with Gasteiger partial charge < -0.3 is 4.74 Å². The molecule has 3 rings (SSSR count). The van der Waals surface area contributed by atoms with Crippen LogP contribution in [0.2, 0.25) is 5.02 Å². The number of para-hydroxylation sites is 3. The Bertz CT molecular complexity index is 798. The van der Waals surface area contributed by atoms with Crippen molar-refractivity contribution in [3.63, 3.8) is 0 Å². The molecule has 0 radical (unpaired) electrons. The number of fused-ring (bicyclic) bond motifs is 1. The number of ether oxygens (including phenoxy) is 1. The molecule has 1 heterocycles. The fourth-order valence-electron chi connectivity index (χ4n) is 2.61. The minimum absolute atomic E-state index is 0.597. The van der Waals surface area contributed by atoms with Crippen molar-refractivity contribution in [3.05, 3.63) is 53.6 Å². The predicted molar refractivity (Wildman–Crippen MR) is 89.1 cm³/mol. The van der Waals surface area contributed by atoms with Crippen molar-refractivity contribution in [3.8, 4) is 5.75 Å². The minimum atomic E-state index is 0.597. The van der Waals surface area contributed by atoms with Gasteiger partial charge in [0, 0.05) is 6.42 Å². The lowest BCUT2D eigenvalue weighted by Crippen LogP contribution is -2.31. The lowest BCUT2D eigenvalue weighted by molar-refractivity contribution is -0.630. The molecule has 0 saturated carbocycles. The van der Waals surface area contributed by atoms with Crippen LogP contribution in [0.5, 0.6) is 5.75 Å². The summed E-state index contributed by atoms with van der Waals surface area (Å²) in [4.78, 5) is 0. The Hall–Kier alpha value is -2.20. The van der Waals surface area contributed by atoms with Crippen LogP contribution in [-0.4, -0.2) is 11.2 Å². The number of rotatable bonds is 5. The first kappa shape index (κ1) is 14.7. The highest BCUT2D eigenvalue weighted by molar-refractivity contribution is 6.32. The van der Waals surface area contributed by atoms with Crippen molar-refractivity contribution < 1.29 is 9.30 Å². The Morgan fingerprint density at radius 3 is 2.68 bits per heavy atom. The molecule has 4 nitrogen and oxygen atoms in total. The van der Waals surface area contributed by atoms with E-state index >= 15 is 0 Å². The van der Waals surface area contributed by atoms with E-state index in [1.165, 1.54) is 0 Å². The second-order valence-electron chi connectivity index (χ2n) is 5.19. The van der Waals surface area contributed by atoms with E-state index in [1.54, 1.807) is 0 Å². The van der Waals surface area contributed by atoms with E-state index in [9.17, 15) is 0 Å². The number of nitrogens with two attached hydrogens (primary N) is 1. The summed E-state index contributed by atoms with van der Waals surface area (Å²) < 4.78 is 9.84. The first-order chi connectivity index (χ1) is 10.7. The number of halogens is 1. The van der Waals surface area contributed by atoms with Crippen molar-refractivity contribution >= 4 is 28.6 Å². The number of nitrogen functional groups attached to an aromatic ring is 1. The lowest BCUT2D eigenvalue weighted by atomic mass is 10.3. The van der Waals surface area contributed by atoms with Gasteiger partial charge in [-0.2, -0.15) is 0 Å². The molecule has 2 aromatic carbocycles. The van der Waals surface area contributed by atoms with E-state index in [-0.39, 0.29) is 0 Å². The molecule has 1 aromatic heterocycles. The maximum Gasteiger partial charge on any atom is 0.355 e. The van der Waals surface area contributed by atoms with E-state index in [0.717, 1.165) is 35.7 Å². The number of hydrogen-bond acceptors (Lipinski definition) is 2. The Morgan fingerprint density at radius 1 is 1.14 bits per heavy atom. The smallest absolute Gasteiger partial charge is 0.355 e. The first-order valence-corrected chi connectivity index (χ1v) is 7.66. The van der Waals surface area contributed by atoms with Gasteiger partial charge in [-0.1, -0.05) is 35.9 Å². The van der Waals surface area contributed by atoms with E-state index in [4.69, 9.17) is 22.1 Å². The highest BCUT2D eigenvalue weighted by Gasteiger charge is 2.17. The molecule has 0 unspecified atom stereocenters. The third kappa shape index (κ3) is 2.74. The minimum Gasteiger partial charge on any atom is -0.492 e. The molecule has 0 aliphatic heterocycles. The summed E-state index contributed by atoms with van der Waals surface area (Å²) in [6.45, 7) is 1.40. The van der Waals surface area contributed by atoms with E-state index in [0.29, 0.717) is 11.6 Å². The lowest BCUT2D eigenvalue weighted by Gasteiger charge is -2.07. The number of nitrogens with zero attached hydrogens (tertiary/aromatic N) is 2. The normalized spacial score (nSPS) is 11.0. The summed E-state index contributed by atoms with van der Waals surface area (Å²) in [5, 5.41) is 0.639. The third-order valence-electron chi connectivity index (χ3n) is 3.77. The van der Waals surface area contributed by atoms with Gasteiger partial charge in [-0.05, 0) is 24.3 Å². The number of imidazole rings is 1. The second kappa shape index (κ2) is 6.28. The Balaban J connectivity index is 1.68. The zero-order valence-electron chi connectivity index (χ0n) is 12.5. The average molecular weight is 317 g/mol. The molecule has 2 N–H and O–H groups in total. The van der Waals surface area contributed by atoms with E-state index in [2.05, 4.69) is 16.7 Å².